The topological polar surface area (TPSA) is 113 Å². The number of rotatable bonds is 5. The van der Waals surface area contributed by atoms with Crippen LogP contribution >= 0.6 is 12.4 Å². The lowest BCUT2D eigenvalue weighted by atomic mass is 9.88. The van der Waals surface area contributed by atoms with Crippen LogP contribution in [0.5, 0.6) is 11.5 Å². The Balaban J connectivity index is 0.00000231. The highest BCUT2D eigenvalue weighted by Crippen LogP contribution is 2.41. The molecule has 7 nitrogen and oxygen atoms in total. The molecule has 2 fully saturated rings. The first-order chi connectivity index (χ1) is 14.6. The van der Waals surface area contributed by atoms with Gasteiger partial charge in [-0.1, -0.05) is 6.07 Å². The second-order valence-corrected chi connectivity index (χ2v) is 8.36. The number of ether oxygens (including phenoxy) is 1. The molecule has 5 rings (SSSR count). The Labute approximate surface area is 186 Å². The average molecular weight is 443 g/mol. The minimum atomic E-state index is -0.359. The summed E-state index contributed by atoms with van der Waals surface area (Å²) in [6.45, 7) is 2.49. The SMILES string of the molecule is Cl.Nc1cc2c(C3CCCNC3)cc(-c3c(O)cccc3OCC3CC3)nc2[nH]c1=O. The lowest BCUT2D eigenvalue weighted by Gasteiger charge is -2.25. The number of aromatic amines is 1. The standard InChI is InChI=1S/C23H26N4O3.ClH/c24-17-9-16-15(14-3-2-8-25-11-14)10-18(26-22(16)27-23(17)29)21-19(28)4-1-5-20(21)30-12-13-6-7-13;/h1,4-5,9-10,13-14,25,28H,2-3,6-8,11-12,24H2,(H,26,27,29);1H. The molecule has 164 valence electrons. The van der Waals surface area contributed by atoms with Gasteiger partial charge >= 0.3 is 0 Å². The molecule has 0 spiro atoms. The fourth-order valence-corrected chi connectivity index (χ4v) is 4.19. The van der Waals surface area contributed by atoms with E-state index in [-0.39, 0.29) is 35.3 Å². The van der Waals surface area contributed by atoms with Gasteiger partial charge in [0.1, 0.15) is 17.1 Å². The largest absolute Gasteiger partial charge is 0.507 e. The van der Waals surface area contributed by atoms with Crippen molar-refractivity contribution in [1.82, 2.24) is 15.3 Å². The van der Waals surface area contributed by atoms with E-state index in [0.29, 0.717) is 35.2 Å². The van der Waals surface area contributed by atoms with E-state index >= 15 is 0 Å². The molecule has 0 bridgehead atoms. The molecule has 1 atom stereocenters. The monoisotopic (exact) mass is 442 g/mol. The van der Waals surface area contributed by atoms with Crippen LogP contribution in [0.4, 0.5) is 5.69 Å². The Morgan fingerprint density at radius 2 is 2.06 bits per heavy atom. The van der Waals surface area contributed by atoms with E-state index in [0.717, 1.165) is 36.9 Å². The number of aromatic hydroxyl groups is 1. The highest BCUT2D eigenvalue weighted by molar-refractivity contribution is 5.87. The number of pyridine rings is 2. The van der Waals surface area contributed by atoms with E-state index in [4.69, 9.17) is 15.5 Å². The first-order valence-corrected chi connectivity index (χ1v) is 10.6. The molecule has 31 heavy (non-hydrogen) atoms. The number of fused-ring (bicyclic) bond motifs is 1. The van der Waals surface area contributed by atoms with Crippen LogP contribution in [-0.4, -0.2) is 34.8 Å². The van der Waals surface area contributed by atoms with Gasteiger partial charge in [-0.05, 0) is 73.9 Å². The number of aromatic nitrogens is 2. The normalized spacial score (nSPS) is 18.5. The summed E-state index contributed by atoms with van der Waals surface area (Å²) >= 11 is 0. The maximum absolute atomic E-state index is 12.2. The molecule has 8 heteroatoms. The molecule has 2 aliphatic rings. The van der Waals surface area contributed by atoms with Crippen molar-refractivity contribution in [2.45, 2.75) is 31.6 Å². The molecule has 3 heterocycles. The Kier molecular flexibility index (Phi) is 6.07. The zero-order chi connectivity index (χ0) is 20.7. The Morgan fingerprint density at radius 1 is 1.23 bits per heavy atom. The van der Waals surface area contributed by atoms with E-state index in [1.165, 1.54) is 12.8 Å². The van der Waals surface area contributed by atoms with Gasteiger partial charge in [-0.2, -0.15) is 0 Å². The van der Waals surface area contributed by atoms with Crippen LogP contribution in [0.25, 0.3) is 22.3 Å². The number of nitrogens with two attached hydrogens (primary N) is 1. The van der Waals surface area contributed by atoms with Crippen molar-refractivity contribution in [3.05, 3.63) is 46.2 Å². The molecule has 1 aromatic carbocycles. The molecule has 1 aliphatic heterocycles. The number of piperidine rings is 1. The van der Waals surface area contributed by atoms with Gasteiger partial charge in [-0.3, -0.25) is 4.79 Å². The van der Waals surface area contributed by atoms with Gasteiger partial charge in [0.25, 0.3) is 5.56 Å². The fourth-order valence-electron chi connectivity index (χ4n) is 4.19. The van der Waals surface area contributed by atoms with Crippen LogP contribution in [0.2, 0.25) is 0 Å². The molecule has 1 unspecified atom stereocenters. The van der Waals surface area contributed by atoms with Crippen LogP contribution in [0.1, 0.15) is 37.2 Å². The fraction of sp³-hybridized carbons (Fsp3) is 0.391. The van der Waals surface area contributed by atoms with E-state index in [9.17, 15) is 9.90 Å². The number of anilines is 1. The number of halogens is 1. The maximum atomic E-state index is 12.2. The number of hydrogen-bond donors (Lipinski definition) is 4. The molecule has 0 amide bonds. The highest BCUT2D eigenvalue weighted by atomic mass is 35.5. The van der Waals surface area contributed by atoms with Crippen LogP contribution in [-0.2, 0) is 0 Å². The lowest BCUT2D eigenvalue weighted by molar-refractivity contribution is 0.299. The van der Waals surface area contributed by atoms with Crippen molar-refractivity contribution in [3.63, 3.8) is 0 Å². The molecule has 1 saturated carbocycles. The zero-order valence-electron chi connectivity index (χ0n) is 17.2. The molecular formula is C23H27ClN4O3. The summed E-state index contributed by atoms with van der Waals surface area (Å²) in [6.07, 6.45) is 4.49. The van der Waals surface area contributed by atoms with Gasteiger partial charge in [0.05, 0.1) is 23.6 Å². The molecule has 2 aromatic heterocycles. The number of benzene rings is 1. The summed E-state index contributed by atoms with van der Waals surface area (Å²) < 4.78 is 6.03. The van der Waals surface area contributed by atoms with Crippen LogP contribution in [0, 0.1) is 5.92 Å². The maximum Gasteiger partial charge on any atom is 0.272 e. The van der Waals surface area contributed by atoms with E-state index in [1.54, 1.807) is 18.2 Å². The number of nitrogen functional groups attached to an aromatic ring is 1. The molecule has 5 N–H and O–H groups in total. The summed E-state index contributed by atoms with van der Waals surface area (Å²) in [5.74, 6) is 1.59. The van der Waals surface area contributed by atoms with Crippen molar-refractivity contribution < 1.29 is 9.84 Å². The second kappa shape index (κ2) is 8.77. The number of phenols is 1. The zero-order valence-corrected chi connectivity index (χ0v) is 18.0. The van der Waals surface area contributed by atoms with Gasteiger partial charge in [0.2, 0.25) is 0 Å². The molecule has 1 saturated heterocycles. The van der Waals surface area contributed by atoms with Crippen LogP contribution < -0.4 is 21.3 Å². The van der Waals surface area contributed by atoms with Gasteiger partial charge in [0.15, 0.2) is 0 Å². The molecule has 3 aromatic rings. The summed E-state index contributed by atoms with van der Waals surface area (Å²) in [4.78, 5) is 19.7. The number of nitrogens with zero attached hydrogens (tertiary/aromatic N) is 1. The van der Waals surface area contributed by atoms with Crippen LogP contribution in [0.3, 0.4) is 0 Å². The molecule has 1 aliphatic carbocycles. The van der Waals surface area contributed by atoms with E-state index in [2.05, 4.69) is 10.3 Å². The van der Waals surface area contributed by atoms with Crippen molar-refractivity contribution in [2.75, 3.05) is 25.4 Å². The average Bonchev–Trinajstić information content (AvgIpc) is 3.58. The quantitative estimate of drug-likeness (QED) is 0.480. The Morgan fingerprint density at radius 3 is 2.81 bits per heavy atom. The van der Waals surface area contributed by atoms with Gasteiger partial charge in [-0.15, -0.1) is 12.4 Å². The van der Waals surface area contributed by atoms with Crippen LogP contribution in [0.15, 0.2) is 35.1 Å². The first-order valence-electron chi connectivity index (χ1n) is 10.6. The third-order valence-electron chi connectivity index (χ3n) is 6.05. The van der Waals surface area contributed by atoms with Gasteiger partial charge < -0.3 is 25.9 Å². The van der Waals surface area contributed by atoms with Gasteiger partial charge in [0, 0.05) is 11.9 Å². The Bertz CT molecular complexity index is 1150. The lowest BCUT2D eigenvalue weighted by Crippen LogP contribution is -2.28. The first kappa shape index (κ1) is 21.5. The number of hydrogen-bond acceptors (Lipinski definition) is 6. The van der Waals surface area contributed by atoms with Crippen molar-refractivity contribution in [2.24, 2.45) is 5.92 Å². The molecule has 0 radical (unpaired) electrons. The number of phenolic OH excluding ortho intramolecular Hbond substituents is 1. The minimum Gasteiger partial charge on any atom is -0.507 e. The number of nitrogens with one attached hydrogen (secondary N) is 2. The highest BCUT2D eigenvalue weighted by Gasteiger charge is 2.25. The summed E-state index contributed by atoms with van der Waals surface area (Å²) in [5, 5.41) is 15.0. The molecular weight excluding hydrogens is 416 g/mol. The summed E-state index contributed by atoms with van der Waals surface area (Å²) in [6, 6.07) is 8.99. The van der Waals surface area contributed by atoms with Crippen molar-refractivity contribution >= 4 is 29.1 Å². The van der Waals surface area contributed by atoms with Gasteiger partial charge in [-0.25, -0.2) is 4.98 Å². The third-order valence-corrected chi connectivity index (χ3v) is 6.05. The van der Waals surface area contributed by atoms with Crippen molar-refractivity contribution in [3.8, 4) is 22.8 Å². The Hall–Kier alpha value is -2.77. The summed E-state index contributed by atoms with van der Waals surface area (Å²) in [5.41, 5.74) is 8.42. The summed E-state index contributed by atoms with van der Waals surface area (Å²) in [7, 11) is 0. The third kappa shape index (κ3) is 4.34. The smallest absolute Gasteiger partial charge is 0.272 e. The number of H-pyrrole nitrogens is 1. The van der Waals surface area contributed by atoms with E-state index < -0.39 is 0 Å². The predicted octanol–water partition coefficient (Wildman–Crippen LogP) is 3.56. The van der Waals surface area contributed by atoms with E-state index in [1.807, 2.05) is 12.1 Å². The minimum absolute atomic E-state index is 0. The van der Waals surface area contributed by atoms with Crippen molar-refractivity contribution in [1.29, 1.82) is 0 Å². The second-order valence-electron chi connectivity index (χ2n) is 8.36. The predicted molar refractivity (Wildman–Crippen MR) is 124 cm³/mol.